The van der Waals surface area contributed by atoms with Crippen molar-refractivity contribution in [3.63, 3.8) is 0 Å². The highest BCUT2D eigenvalue weighted by Crippen LogP contribution is 2.37. The van der Waals surface area contributed by atoms with E-state index in [0.717, 1.165) is 23.6 Å². The van der Waals surface area contributed by atoms with Crippen molar-refractivity contribution in [2.45, 2.75) is 39.2 Å². The average molecular weight is 334 g/mol. The first-order chi connectivity index (χ1) is 12.2. The maximum atomic E-state index is 4.89. The van der Waals surface area contributed by atoms with E-state index < -0.39 is 0 Å². The minimum Gasteiger partial charge on any atom is -0.349 e. The van der Waals surface area contributed by atoms with Crippen LogP contribution in [0.1, 0.15) is 38.7 Å². The molecule has 2 atom stereocenters. The van der Waals surface area contributed by atoms with E-state index >= 15 is 0 Å². The molecule has 130 valence electrons. The monoisotopic (exact) mass is 334 g/mol. The first kappa shape index (κ1) is 16.1. The number of rotatable bonds is 3. The molecule has 2 aromatic rings. The van der Waals surface area contributed by atoms with E-state index in [9.17, 15) is 0 Å². The molecule has 0 bridgehead atoms. The number of hydrogen-bond donors (Lipinski definition) is 1. The van der Waals surface area contributed by atoms with Crippen molar-refractivity contribution in [1.29, 1.82) is 0 Å². The minimum atomic E-state index is 0.553. The molecule has 0 amide bonds. The van der Waals surface area contributed by atoms with Gasteiger partial charge in [0, 0.05) is 30.0 Å². The van der Waals surface area contributed by atoms with Gasteiger partial charge in [-0.15, -0.1) is 0 Å². The lowest BCUT2D eigenvalue weighted by Gasteiger charge is -2.44. The molecule has 1 fully saturated rings. The van der Waals surface area contributed by atoms with Crippen LogP contribution in [0.15, 0.2) is 42.6 Å². The van der Waals surface area contributed by atoms with Gasteiger partial charge in [0.1, 0.15) is 5.82 Å². The number of nitrogens with one attached hydrogen (secondary N) is 1. The Hall–Kier alpha value is -2.36. The summed E-state index contributed by atoms with van der Waals surface area (Å²) in [4.78, 5) is 11.9. The lowest BCUT2D eigenvalue weighted by atomic mass is 9.77. The van der Waals surface area contributed by atoms with Crippen LogP contribution < -0.4 is 10.2 Å². The van der Waals surface area contributed by atoms with Gasteiger partial charge in [0.25, 0.3) is 0 Å². The highest BCUT2D eigenvalue weighted by Gasteiger charge is 2.34. The summed E-state index contributed by atoms with van der Waals surface area (Å²) >= 11 is 0. The number of anilines is 3. The Balaban J connectivity index is 1.65. The molecule has 0 saturated heterocycles. The quantitative estimate of drug-likeness (QED) is 0.869. The van der Waals surface area contributed by atoms with Crippen molar-refractivity contribution in [3.8, 4) is 0 Å². The Morgan fingerprint density at radius 3 is 2.60 bits per heavy atom. The molecule has 2 heterocycles. The van der Waals surface area contributed by atoms with Crippen LogP contribution in [0.2, 0.25) is 0 Å². The molecule has 1 aromatic heterocycles. The number of fused-ring (bicyclic) bond motifs is 1. The Bertz CT molecular complexity index is 746. The molecule has 2 aliphatic rings. The summed E-state index contributed by atoms with van der Waals surface area (Å²) in [5.74, 6) is 3.13. The van der Waals surface area contributed by atoms with E-state index in [1.54, 1.807) is 0 Å². The number of benzene rings is 1. The molecular formula is C21H26N4. The SMILES string of the molecule is CC1CCCC(C)C1N1CC=Cc2cnc(Nc3ccccc3)nc21. The van der Waals surface area contributed by atoms with Gasteiger partial charge in [0.15, 0.2) is 0 Å². The van der Waals surface area contributed by atoms with Crippen molar-refractivity contribution in [2.75, 3.05) is 16.8 Å². The van der Waals surface area contributed by atoms with Gasteiger partial charge in [-0.1, -0.05) is 50.6 Å². The third-order valence-electron chi connectivity index (χ3n) is 5.54. The Morgan fingerprint density at radius 2 is 1.84 bits per heavy atom. The Morgan fingerprint density at radius 1 is 1.08 bits per heavy atom. The highest BCUT2D eigenvalue weighted by atomic mass is 15.3. The first-order valence-electron chi connectivity index (χ1n) is 9.34. The molecule has 4 nitrogen and oxygen atoms in total. The van der Waals surface area contributed by atoms with Crippen LogP contribution >= 0.6 is 0 Å². The third kappa shape index (κ3) is 3.26. The lowest BCUT2D eigenvalue weighted by Crippen LogP contribution is -2.47. The summed E-state index contributed by atoms with van der Waals surface area (Å²) in [6.45, 7) is 5.72. The highest BCUT2D eigenvalue weighted by molar-refractivity contribution is 5.69. The van der Waals surface area contributed by atoms with Crippen molar-refractivity contribution in [3.05, 3.63) is 48.2 Å². The van der Waals surface area contributed by atoms with E-state index in [-0.39, 0.29) is 0 Å². The predicted octanol–water partition coefficient (Wildman–Crippen LogP) is 4.88. The van der Waals surface area contributed by atoms with E-state index in [1.165, 1.54) is 19.3 Å². The molecule has 25 heavy (non-hydrogen) atoms. The largest absolute Gasteiger partial charge is 0.349 e. The van der Waals surface area contributed by atoms with Crippen LogP contribution in [0.25, 0.3) is 6.08 Å². The van der Waals surface area contributed by atoms with Crippen LogP contribution in [0.4, 0.5) is 17.5 Å². The molecule has 1 saturated carbocycles. The van der Waals surface area contributed by atoms with E-state index in [2.05, 4.69) is 41.2 Å². The zero-order valence-corrected chi connectivity index (χ0v) is 15.0. The molecule has 1 aliphatic heterocycles. The van der Waals surface area contributed by atoms with Gasteiger partial charge in [0.2, 0.25) is 5.95 Å². The summed E-state index contributed by atoms with van der Waals surface area (Å²) in [5, 5.41) is 3.33. The maximum absolute atomic E-state index is 4.89. The molecule has 1 aromatic carbocycles. The van der Waals surface area contributed by atoms with Crippen molar-refractivity contribution in [2.24, 2.45) is 11.8 Å². The first-order valence-corrected chi connectivity index (χ1v) is 9.34. The van der Waals surface area contributed by atoms with Crippen LogP contribution in [0.3, 0.4) is 0 Å². The van der Waals surface area contributed by atoms with Gasteiger partial charge in [-0.3, -0.25) is 0 Å². The maximum Gasteiger partial charge on any atom is 0.229 e. The van der Waals surface area contributed by atoms with Gasteiger partial charge in [-0.25, -0.2) is 4.98 Å². The summed E-state index contributed by atoms with van der Waals surface area (Å²) in [6.07, 6.45) is 10.3. The van der Waals surface area contributed by atoms with Gasteiger partial charge >= 0.3 is 0 Å². The average Bonchev–Trinajstić information content (AvgIpc) is 2.63. The summed E-state index contributed by atoms with van der Waals surface area (Å²) in [7, 11) is 0. The fraction of sp³-hybridized carbons (Fsp3) is 0.429. The van der Waals surface area contributed by atoms with E-state index in [4.69, 9.17) is 4.98 Å². The van der Waals surface area contributed by atoms with Gasteiger partial charge in [-0.2, -0.15) is 4.98 Å². The number of nitrogens with zero attached hydrogens (tertiary/aromatic N) is 3. The standard InChI is InChI=1S/C21H26N4/c1-15-8-6-9-16(2)19(15)25-13-7-10-17-14-22-21(24-20(17)25)23-18-11-4-3-5-12-18/h3-5,7,10-12,14-16,19H,6,8-9,13H2,1-2H3,(H,22,23,24). The van der Waals surface area contributed by atoms with Gasteiger partial charge in [0.05, 0.1) is 0 Å². The van der Waals surface area contributed by atoms with E-state index in [0.29, 0.717) is 23.8 Å². The second kappa shape index (κ2) is 6.87. The van der Waals surface area contributed by atoms with E-state index in [1.807, 2.05) is 36.5 Å². The molecule has 4 rings (SSSR count). The molecule has 0 spiro atoms. The lowest BCUT2D eigenvalue weighted by molar-refractivity contribution is 0.239. The molecule has 0 radical (unpaired) electrons. The zero-order chi connectivity index (χ0) is 17.2. The zero-order valence-electron chi connectivity index (χ0n) is 15.0. The summed E-state index contributed by atoms with van der Waals surface area (Å²) in [6, 6.07) is 10.7. The minimum absolute atomic E-state index is 0.553. The third-order valence-corrected chi connectivity index (χ3v) is 5.54. The fourth-order valence-electron chi connectivity index (χ4n) is 4.36. The molecular weight excluding hydrogens is 308 g/mol. The molecule has 1 N–H and O–H groups in total. The second-order valence-electron chi connectivity index (χ2n) is 7.39. The van der Waals surface area contributed by atoms with Gasteiger partial charge < -0.3 is 10.2 Å². The van der Waals surface area contributed by atoms with Crippen molar-refractivity contribution < 1.29 is 0 Å². The topological polar surface area (TPSA) is 41.1 Å². The molecule has 1 aliphatic carbocycles. The predicted molar refractivity (Wildman–Crippen MR) is 104 cm³/mol. The fourth-order valence-corrected chi connectivity index (χ4v) is 4.36. The second-order valence-corrected chi connectivity index (χ2v) is 7.39. The Kier molecular flexibility index (Phi) is 4.43. The number of aromatic nitrogens is 2. The van der Waals surface area contributed by atoms with Crippen LogP contribution in [0, 0.1) is 11.8 Å². The van der Waals surface area contributed by atoms with Crippen LogP contribution in [0.5, 0.6) is 0 Å². The van der Waals surface area contributed by atoms with Gasteiger partial charge in [-0.05, 0) is 36.8 Å². The normalized spacial score (nSPS) is 25.5. The summed E-state index contributed by atoms with van der Waals surface area (Å²) < 4.78 is 0. The van der Waals surface area contributed by atoms with Crippen molar-refractivity contribution >= 4 is 23.5 Å². The number of hydrogen-bond acceptors (Lipinski definition) is 4. The van der Waals surface area contributed by atoms with Crippen molar-refractivity contribution in [1.82, 2.24) is 9.97 Å². The van der Waals surface area contributed by atoms with Crippen LogP contribution in [-0.4, -0.2) is 22.6 Å². The smallest absolute Gasteiger partial charge is 0.229 e. The Labute approximate surface area is 150 Å². The molecule has 4 heteroatoms. The molecule has 2 unspecified atom stereocenters. The van der Waals surface area contributed by atoms with Crippen LogP contribution in [-0.2, 0) is 0 Å². The number of para-hydroxylation sites is 1. The summed E-state index contributed by atoms with van der Waals surface area (Å²) in [5.41, 5.74) is 2.13.